The van der Waals surface area contributed by atoms with E-state index in [0.29, 0.717) is 0 Å². The summed E-state index contributed by atoms with van der Waals surface area (Å²) in [4.78, 5) is 5.34. The molecule has 1 aliphatic heterocycles. The average molecular weight is 267 g/mol. The molecule has 1 N–H and O–H groups in total. The summed E-state index contributed by atoms with van der Waals surface area (Å²) >= 11 is 0. The van der Waals surface area contributed by atoms with Gasteiger partial charge in [0.25, 0.3) is 0 Å². The van der Waals surface area contributed by atoms with E-state index in [4.69, 9.17) is 0 Å². The van der Waals surface area contributed by atoms with Crippen molar-refractivity contribution < 1.29 is 0 Å². The van der Waals surface area contributed by atoms with Crippen molar-refractivity contribution in [2.75, 3.05) is 39.8 Å². The van der Waals surface area contributed by atoms with Gasteiger partial charge < -0.3 is 10.2 Å². The maximum absolute atomic E-state index is 3.50. The van der Waals surface area contributed by atoms with E-state index < -0.39 is 0 Å². The molecule has 112 valence electrons. The van der Waals surface area contributed by atoms with Crippen LogP contribution in [0.15, 0.2) is 0 Å². The molecule has 3 unspecified atom stereocenters. The van der Waals surface area contributed by atoms with E-state index in [9.17, 15) is 0 Å². The lowest BCUT2D eigenvalue weighted by molar-refractivity contribution is 0.0959. The Bertz CT molecular complexity index is 248. The first kappa shape index (κ1) is 15.3. The Morgan fingerprint density at radius 3 is 2.53 bits per heavy atom. The van der Waals surface area contributed by atoms with Gasteiger partial charge in [0.1, 0.15) is 0 Å². The molecule has 0 aromatic carbocycles. The van der Waals surface area contributed by atoms with Gasteiger partial charge in [0, 0.05) is 38.3 Å². The molecule has 3 atom stereocenters. The van der Waals surface area contributed by atoms with Crippen LogP contribution in [-0.2, 0) is 0 Å². The van der Waals surface area contributed by atoms with Crippen LogP contribution < -0.4 is 5.32 Å². The van der Waals surface area contributed by atoms with E-state index in [0.717, 1.165) is 18.0 Å². The maximum Gasteiger partial charge on any atom is 0.0113 e. The topological polar surface area (TPSA) is 18.5 Å². The SMILES string of the molecule is CCC(C)N1CCN(CCC2CCCC2NC)CC1. The molecule has 0 aromatic rings. The van der Waals surface area contributed by atoms with Gasteiger partial charge in [-0.3, -0.25) is 4.90 Å². The van der Waals surface area contributed by atoms with Gasteiger partial charge in [-0.15, -0.1) is 0 Å². The van der Waals surface area contributed by atoms with Crippen LogP contribution in [0.4, 0.5) is 0 Å². The van der Waals surface area contributed by atoms with Gasteiger partial charge in [-0.2, -0.15) is 0 Å². The van der Waals surface area contributed by atoms with Crippen molar-refractivity contribution in [1.29, 1.82) is 0 Å². The van der Waals surface area contributed by atoms with Gasteiger partial charge in [-0.05, 0) is 52.1 Å². The van der Waals surface area contributed by atoms with Crippen LogP contribution in [0.1, 0.15) is 46.0 Å². The number of nitrogens with zero attached hydrogens (tertiary/aromatic N) is 2. The van der Waals surface area contributed by atoms with E-state index in [-0.39, 0.29) is 0 Å². The maximum atomic E-state index is 3.50. The van der Waals surface area contributed by atoms with Gasteiger partial charge in [0.2, 0.25) is 0 Å². The Kier molecular flexibility index (Phi) is 6.11. The fourth-order valence-electron chi connectivity index (χ4n) is 3.80. The van der Waals surface area contributed by atoms with Crippen LogP contribution >= 0.6 is 0 Å². The lowest BCUT2D eigenvalue weighted by Gasteiger charge is -2.38. The van der Waals surface area contributed by atoms with Crippen molar-refractivity contribution in [3.05, 3.63) is 0 Å². The highest BCUT2D eigenvalue weighted by Gasteiger charge is 2.27. The van der Waals surface area contributed by atoms with Crippen molar-refractivity contribution in [3.8, 4) is 0 Å². The van der Waals surface area contributed by atoms with Crippen molar-refractivity contribution >= 4 is 0 Å². The van der Waals surface area contributed by atoms with Gasteiger partial charge >= 0.3 is 0 Å². The largest absolute Gasteiger partial charge is 0.317 e. The van der Waals surface area contributed by atoms with Gasteiger partial charge in [0.05, 0.1) is 0 Å². The summed E-state index contributed by atoms with van der Waals surface area (Å²) in [6, 6.07) is 1.56. The Morgan fingerprint density at radius 1 is 1.16 bits per heavy atom. The Hall–Kier alpha value is -0.120. The van der Waals surface area contributed by atoms with E-state index in [2.05, 4.69) is 36.0 Å². The highest BCUT2D eigenvalue weighted by molar-refractivity contribution is 4.83. The molecule has 1 heterocycles. The van der Waals surface area contributed by atoms with Crippen LogP contribution in [0, 0.1) is 5.92 Å². The average Bonchev–Trinajstić information content (AvgIpc) is 2.92. The minimum atomic E-state index is 0.769. The highest BCUT2D eigenvalue weighted by Crippen LogP contribution is 2.28. The fraction of sp³-hybridized carbons (Fsp3) is 1.00. The van der Waals surface area contributed by atoms with Gasteiger partial charge in [0.15, 0.2) is 0 Å². The molecule has 19 heavy (non-hydrogen) atoms. The predicted octanol–water partition coefficient (Wildman–Crippen LogP) is 2.18. The number of piperazine rings is 1. The van der Waals surface area contributed by atoms with Crippen LogP contribution in [0.3, 0.4) is 0 Å². The number of rotatable bonds is 6. The minimum absolute atomic E-state index is 0.769. The van der Waals surface area contributed by atoms with Crippen LogP contribution in [-0.4, -0.2) is 61.7 Å². The molecule has 0 spiro atoms. The third-order valence-corrected chi connectivity index (χ3v) is 5.47. The smallest absolute Gasteiger partial charge is 0.0113 e. The zero-order valence-corrected chi connectivity index (χ0v) is 13.2. The molecule has 0 radical (unpaired) electrons. The zero-order chi connectivity index (χ0) is 13.7. The molecule has 2 fully saturated rings. The lowest BCUT2D eigenvalue weighted by Crippen LogP contribution is -2.49. The van der Waals surface area contributed by atoms with E-state index in [1.54, 1.807) is 0 Å². The second-order valence-corrected chi connectivity index (χ2v) is 6.51. The minimum Gasteiger partial charge on any atom is -0.317 e. The summed E-state index contributed by atoms with van der Waals surface area (Å²) in [7, 11) is 2.13. The second-order valence-electron chi connectivity index (χ2n) is 6.51. The van der Waals surface area contributed by atoms with Crippen LogP contribution in [0.2, 0.25) is 0 Å². The number of nitrogens with one attached hydrogen (secondary N) is 1. The van der Waals surface area contributed by atoms with Crippen molar-refractivity contribution in [3.63, 3.8) is 0 Å². The van der Waals surface area contributed by atoms with E-state index in [1.165, 1.54) is 64.8 Å². The normalized spacial score (nSPS) is 31.7. The molecular formula is C16H33N3. The molecule has 1 saturated heterocycles. The third-order valence-electron chi connectivity index (χ3n) is 5.47. The van der Waals surface area contributed by atoms with E-state index >= 15 is 0 Å². The van der Waals surface area contributed by atoms with Crippen LogP contribution in [0.5, 0.6) is 0 Å². The summed E-state index contributed by atoms with van der Waals surface area (Å²) in [5.41, 5.74) is 0. The first-order valence-electron chi connectivity index (χ1n) is 8.38. The highest BCUT2D eigenvalue weighted by atomic mass is 15.3. The quantitative estimate of drug-likeness (QED) is 0.796. The van der Waals surface area contributed by atoms with Gasteiger partial charge in [-0.1, -0.05) is 13.3 Å². The molecule has 0 amide bonds. The Balaban J connectivity index is 1.65. The standard InChI is InChI=1S/C16H33N3/c1-4-14(2)19-12-10-18(11-13-19)9-8-15-6-5-7-16(15)17-3/h14-17H,4-13H2,1-3H3. The van der Waals surface area contributed by atoms with Crippen molar-refractivity contribution in [1.82, 2.24) is 15.1 Å². The third kappa shape index (κ3) is 4.17. The number of hydrogen-bond donors (Lipinski definition) is 1. The summed E-state index contributed by atoms with van der Waals surface area (Å²) in [6.45, 7) is 11.1. The lowest BCUT2D eigenvalue weighted by atomic mass is 9.99. The molecular weight excluding hydrogens is 234 g/mol. The predicted molar refractivity (Wildman–Crippen MR) is 82.6 cm³/mol. The Labute approximate surface area is 119 Å². The molecule has 1 aliphatic carbocycles. The molecule has 3 heteroatoms. The van der Waals surface area contributed by atoms with Gasteiger partial charge in [-0.25, -0.2) is 0 Å². The molecule has 3 nitrogen and oxygen atoms in total. The monoisotopic (exact) mass is 267 g/mol. The van der Waals surface area contributed by atoms with Crippen LogP contribution in [0.25, 0.3) is 0 Å². The molecule has 2 aliphatic rings. The van der Waals surface area contributed by atoms with Crippen molar-refractivity contribution in [2.24, 2.45) is 5.92 Å². The molecule has 2 rings (SSSR count). The number of hydrogen-bond acceptors (Lipinski definition) is 3. The zero-order valence-electron chi connectivity index (χ0n) is 13.2. The molecule has 0 bridgehead atoms. The first-order chi connectivity index (χ1) is 9.24. The Morgan fingerprint density at radius 2 is 1.89 bits per heavy atom. The van der Waals surface area contributed by atoms with Crippen molar-refractivity contribution in [2.45, 2.75) is 58.0 Å². The molecule has 1 saturated carbocycles. The summed E-state index contributed by atoms with van der Waals surface area (Å²) in [5.74, 6) is 0.928. The van der Waals surface area contributed by atoms with E-state index in [1.807, 2.05) is 0 Å². The summed E-state index contributed by atoms with van der Waals surface area (Å²) in [5, 5.41) is 3.50. The summed E-state index contributed by atoms with van der Waals surface area (Å²) in [6.07, 6.45) is 6.94. The summed E-state index contributed by atoms with van der Waals surface area (Å²) < 4.78 is 0. The fourth-order valence-corrected chi connectivity index (χ4v) is 3.80. The first-order valence-corrected chi connectivity index (χ1v) is 8.38. The second kappa shape index (κ2) is 7.61. The molecule has 0 aromatic heterocycles.